The van der Waals surface area contributed by atoms with Gasteiger partial charge in [-0.3, -0.25) is 0 Å². The minimum absolute atomic E-state index is 0.226. The molecule has 0 aromatic rings. The van der Waals surface area contributed by atoms with Crippen molar-refractivity contribution in [2.45, 2.75) is 32.7 Å². The zero-order valence-electron chi connectivity index (χ0n) is 8.18. The molecule has 0 aromatic carbocycles. The van der Waals surface area contributed by atoms with Gasteiger partial charge in [0.2, 0.25) is 0 Å². The van der Waals surface area contributed by atoms with Crippen molar-refractivity contribution in [3.05, 3.63) is 0 Å². The van der Waals surface area contributed by atoms with E-state index in [0.29, 0.717) is 12.6 Å². The zero-order chi connectivity index (χ0) is 9.23. The Labute approximate surface area is 75.1 Å². The Bertz CT molecular complexity index is 86.6. The Morgan fingerprint density at radius 2 is 1.92 bits per heavy atom. The van der Waals surface area contributed by atoms with Crippen LogP contribution in [0.25, 0.3) is 0 Å². The average Bonchev–Trinajstić information content (AvgIpc) is 2.02. The fourth-order valence-corrected chi connectivity index (χ4v) is 0.834. The molecule has 0 saturated heterocycles. The van der Waals surface area contributed by atoms with E-state index in [1.54, 1.807) is 0 Å². The lowest BCUT2D eigenvalue weighted by atomic mass is 10.3. The number of nitrogens with one attached hydrogen (secondary N) is 1. The predicted molar refractivity (Wildman–Crippen MR) is 50.3 cm³/mol. The van der Waals surface area contributed by atoms with Gasteiger partial charge in [-0.25, -0.2) is 0 Å². The summed E-state index contributed by atoms with van der Waals surface area (Å²) in [6.45, 7) is 6.97. The predicted octanol–water partition coefficient (Wildman–Crippen LogP) is 0.774. The van der Waals surface area contributed by atoms with E-state index in [2.05, 4.69) is 19.2 Å². The molecule has 0 amide bonds. The maximum atomic E-state index is 8.45. The van der Waals surface area contributed by atoms with Crippen molar-refractivity contribution in [3.8, 4) is 0 Å². The summed E-state index contributed by atoms with van der Waals surface area (Å²) < 4.78 is 5.26. The SMILES string of the molecule is CC(C)NCCCOCCCO. The Balaban J connectivity index is 2.82. The van der Waals surface area contributed by atoms with Gasteiger partial charge in [0.25, 0.3) is 0 Å². The van der Waals surface area contributed by atoms with Crippen molar-refractivity contribution in [1.29, 1.82) is 0 Å². The number of hydrogen-bond acceptors (Lipinski definition) is 3. The molecule has 0 fully saturated rings. The first-order valence-electron chi connectivity index (χ1n) is 4.69. The fraction of sp³-hybridized carbons (Fsp3) is 1.00. The number of hydrogen-bond donors (Lipinski definition) is 2. The Morgan fingerprint density at radius 3 is 2.50 bits per heavy atom. The van der Waals surface area contributed by atoms with E-state index in [0.717, 1.165) is 26.0 Å². The van der Waals surface area contributed by atoms with Gasteiger partial charge in [0, 0.05) is 25.9 Å². The van der Waals surface area contributed by atoms with Crippen LogP contribution >= 0.6 is 0 Å². The molecule has 0 aliphatic heterocycles. The van der Waals surface area contributed by atoms with Crippen LogP contribution in [0.3, 0.4) is 0 Å². The Morgan fingerprint density at radius 1 is 1.25 bits per heavy atom. The van der Waals surface area contributed by atoms with Crippen molar-refractivity contribution in [2.75, 3.05) is 26.4 Å². The molecule has 0 aliphatic rings. The van der Waals surface area contributed by atoms with Gasteiger partial charge in [0.05, 0.1) is 0 Å². The lowest BCUT2D eigenvalue weighted by molar-refractivity contribution is 0.114. The van der Waals surface area contributed by atoms with Crippen LogP contribution in [0.1, 0.15) is 26.7 Å². The smallest absolute Gasteiger partial charge is 0.0487 e. The molecule has 0 rings (SSSR count). The summed E-state index contributed by atoms with van der Waals surface area (Å²) in [5.41, 5.74) is 0. The molecule has 0 aromatic heterocycles. The quantitative estimate of drug-likeness (QED) is 0.535. The normalized spacial score (nSPS) is 11.0. The van der Waals surface area contributed by atoms with Crippen LogP contribution in [0.2, 0.25) is 0 Å². The van der Waals surface area contributed by atoms with E-state index < -0.39 is 0 Å². The molecule has 12 heavy (non-hydrogen) atoms. The molecule has 0 aliphatic carbocycles. The average molecular weight is 175 g/mol. The van der Waals surface area contributed by atoms with Crippen LogP contribution in [0.4, 0.5) is 0 Å². The zero-order valence-corrected chi connectivity index (χ0v) is 8.18. The van der Waals surface area contributed by atoms with Crippen molar-refractivity contribution in [3.63, 3.8) is 0 Å². The van der Waals surface area contributed by atoms with Gasteiger partial charge in [0.15, 0.2) is 0 Å². The van der Waals surface area contributed by atoms with Crippen LogP contribution in [0, 0.1) is 0 Å². The topological polar surface area (TPSA) is 41.5 Å². The minimum atomic E-state index is 0.226. The maximum Gasteiger partial charge on any atom is 0.0487 e. The van der Waals surface area contributed by atoms with Gasteiger partial charge < -0.3 is 15.2 Å². The first kappa shape index (κ1) is 11.9. The third kappa shape index (κ3) is 9.88. The first-order valence-corrected chi connectivity index (χ1v) is 4.69. The van der Waals surface area contributed by atoms with Gasteiger partial charge in [-0.05, 0) is 19.4 Å². The second-order valence-electron chi connectivity index (χ2n) is 3.15. The van der Waals surface area contributed by atoms with E-state index >= 15 is 0 Å². The number of aliphatic hydroxyl groups excluding tert-OH is 1. The molecule has 0 atom stereocenters. The molecule has 0 unspecified atom stereocenters. The van der Waals surface area contributed by atoms with E-state index in [4.69, 9.17) is 9.84 Å². The van der Waals surface area contributed by atoms with Crippen molar-refractivity contribution >= 4 is 0 Å². The van der Waals surface area contributed by atoms with E-state index in [-0.39, 0.29) is 6.61 Å². The molecule has 74 valence electrons. The molecule has 0 bridgehead atoms. The fourth-order valence-electron chi connectivity index (χ4n) is 0.834. The van der Waals surface area contributed by atoms with Crippen LogP contribution in [0.15, 0.2) is 0 Å². The molecule has 0 radical (unpaired) electrons. The molecular weight excluding hydrogens is 154 g/mol. The maximum absolute atomic E-state index is 8.45. The summed E-state index contributed by atoms with van der Waals surface area (Å²) in [5.74, 6) is 0. The Hall–Kier alpha value is -0.120. The molecule has 0 saturated carbocycles. The standard InChI is InChI=1S/C9H21NO2/c1-9(2)10-5-3-7-12-8-4-6-11/h9-11H,3-8H2,1-2H3. The monoisotopic (exact) mass is 175 g/mol. The molecule has 3 heteroatoms. The first-order chi connectivity index (χ1) is 5.77. The van der Waals surface area contributed by atoms with Gasteiger partial charge in [-0.1, -0.05) is 13.8 Å². The van der Waals surface area contributed by atoms with Crippen molar-refractivity contribution in [1.82, 2.24) is 5.32 Å². The second-order valence-corrected chi connectivity index (χ2v) is 3.15. The highest BCUT2D eigenvalue weighted by Gasteiger charge is 1.91. The molecule has 2 N–H and O–H groups in total. The van der Waals surface area contributed by atoms with Gasteiger partial charge in [0.1, 0.15) is 0 Å². The van der Waals surface area contributed by atoms with Crippen LogP contribution < -0.4 is 5.32 Å². The van der Waals surface area contributed by atoms with Gasteiger partial charge in [-0.2, -0.15) is 0 Å². The second kappa shape index (κ2) is 8.97. The summed E-state index contributed by atoms with van der Waals surface area (Å²) in [6, 6.07) is 0.558. The summed E-state index contributed by atoms with van der Waals surface area (Å²) >= 11 is 0. The van der Waals surface area contributed by atoms with Gasteiger partial charge >= 0.3 is 0 Å². The van der Waals surface area contributed by atoms with Crippen molar-refractivity contribution in [2.24, 2.45) is 0 Å². The number of rotatable bonds is 8. The summed E-state index contributed by atoms with van der Waals surface area (Å²) in [6.07, 6.45) is 1.79. The molecule has 0 heterocycles. The van der Waals surface area contributed by atoms with E-state index in [1.165, 1.54) is 0 Å². The summed E-state index contributed by atoms with van der Waals surface area (Å²) in [5, 5.41) is 11.8. The third-order valence-corrected chi connectivity index (χ3v) is 1.46. The highest BCUT2D eigenvalue weighted by Crippen LogP contribution is 1.85. The largest absolute Gasteiger partial charge is 0.396 e. The van der Waals surface area contributed by atoms with Crippen LogP contribution in [-0.4, -0.2) is 37.5 Å². The number of aliphatic hydroxyl groups is 1. The minimum Gasteiger partial charge on any atom is -0.396 e. The molecule has 3 nitrogen and oxygen atoms in total. The summed E-state index contributed by atoms with van der Waals surface area (Å²) in [4.78, 5) is 0. The summed E-state index contributed by atoms with van der Waals surface area (Å²) in [7, 11) is 0. The highest BCUT2D eigenvalue weighted by atomic mass is 16.5. The molecular formula is C9H21NO2. The number of ether oxygens (including phenoxy) is 1. The van der Waals surface area contributed by atoms with E-state index in [9.17, 15) is 0 Å². The highest BCUT2D eigenvalue weighted by molar-refractivity contribution is 4.51. The van der Waals surface area contributed by atoms with Crippen molar-refractivity contribution < 1.29 is 9.84 Å². The third-order valence-electron chi connectivity index (χ3n) is 1.46. The van der Waals surface area contributed by atoms with E-state index in [1.807, 2.05) is 0 Å². The lowest BCUT2D eigenvalue weighted by Gasteiger charge is -2.07. The molecule has 0 spiro atoms. The van der Waals surface area contributed by atoms with Crippen LogP contribution in [-0.2, 0) is 4.74 Å². The Kier molecular flexibility index (Phi) is 8.88. The van der Waals surface area contributed by atoms with Gasteiger partial charge in [-0.15, -0.1) is 0 Å². The lowest BCUT2D eigenvalue weighted by Crippen LogP contribution is -2.24. The van der Waals surface area contributed by atoms with Crippen LogP contribution in [0.5, 0.6) is 0 Å².